The predicted molar refractivity (Wildman–Crippen MR) is 134 cm³/mol. The topological polar surface area (TPSA) is 91.5 Å². The van der Waals surface area contributed by atoms with Gasteiger partial charge in [-0.15, -0.1) is 0 Å². The first-order valence-electron chi connectivity index (χ1n) is 10.9. The van der Waals surface area contributed by atoms with Crippen LogP contribution < -0.4 is 21.6 Å². The van der Waals surface area contributed by atoms with E-state index < -0.39 is 0 Å². The summed E-state index contributed by atoms with van der Waals surface area (Å²) in [5, 5.41) is 0.809. The molecule has 160 valence electrons. The Morgan fingerprint density at radius 2 is 0.971 bits per heavy atom. The van der Waals surface area contributed by atoms with Gasteiger partial charge in [0.05, 0.1) is 33.2 Å². The molecule has 0 atom stereocenters. The molecule has 0 spiro atoms. The molecule has 1 aromatic heterocycles. The quantitative estimate of drug-likeness (QED) is 0.387. The zero-order valence-corrected chi connectivity index (χ0v) is 17.8. The lowest BCUT2D eigenvalue weighted by Crippen LogP contribution is -2.30. The summed E-state index contributed by atoms with van der Waals surface area (Å²) in [7, 11) is 0. The van der Waals surface area contributed by atoms with Gasteiger partial charge in [0.15, 0.2) is 0 Å². The normalized spacial score (nSPS) is 13.2. The zero-order chi connectivity index (χ0) is 22.8. The van der Waals surface area contributed by atoms with Crippen LogP contribution in [0.15, 0.2) is 70.3 Å². The number of allylic oxidation sites excluding steroid dienone is 2. The van der Waals surface area contributed by atoms with Gasteiger partial charge < -0.3 is 9.97 Å². The fourth-order valence-electron chi connectivity index (χ4n) is 4.76. The minimum absolute atomic E-state index is 0.161. The highest BCUT2D eigenvalue weighted by Crippen LogP contribution is 2.36. The highest BCUT2D eigenvalue weighted by molar-refractivity contribution is 5.90. The Labute approximate surface area is 192 Å². The van der Waals surface area contributed by atoms with Crippen LogP contribution in [0.2, 0.25) is 0 Å². The third-order valence-electron chi connectivity index (χ3n) is 6.37. The Balaban J connectivity index is 1.76. The minimum Gasteiger partial charge on any atom is -0.336 e. The number of fused-ring (bicyclic) bond motifs is 16. The van der Waals surface area contributed by atoms with Gasteiger partial charge in [0.1, 0.15) is 11.6 Å². The summed E-state index contributed by atoms with van der Waals surface area (Å²) in [6.07, 6.45) is 10.7. The van der Waals surface area contributed by atoms with Crippen LogP contribution in [0, 0.1) is 0 Å². The summed E-state index contributed by atoms with van der Waals surface area (Å²) in [6, 6.07) is 15.4. The van der Waals surface area contributed by atoms with Crippen LogP contribution >= 0.6 is 0 Å². The molecule has 4 aliphatic rings. The monoisotopic (exact) mass is 440 g/mol. The summed E-state index contributed by atoms with van der Waals surface area (Å²) >= 11 is 0. The van der Waals surface area contributed by atoms with Gasteiger partial charge in [-0.1, -0.05) is 60.7 Å². The zero-order valence-electron chi connectivity index (χ0n) is 17.8. The molecule has 7 rings (SSSR count). The molecular formula is C28H16N4O2. The molecule has 0 saturated carbocycles. The van der Waals surface area contributed by atoms with E-state index in [2.05, 4.69) is 9.97 Å². The first-order valence-corrected chi connectivity index (χ1v) is 10.9. The number of nitrogens with zero attached hydrogens (tertiary/aromatic N) is 2. The molecule has 3 heterocycles. The Kier molecular flexibility index (Phi) is 3.76. The first kappa shape index (κ1) is 18.7. The molecule has 2 N–H and O–H groups in total. The number of rotatable bonds is 0. The van der Waals surface area contributed by atoms with Crippen molar-refractivity contribution in [1.82, 2.24) is 19.9 Å². The molecule has 3 aromatic rings. The second-order valence-electron chi connectivity index (χ2n) is 8.32. The highest BCUT2D eigenvalue weighted by atomic mass is 16.1. The maximum absolute atomic E-state index is 13.6. The molecule has 0 fully saturated rings. The number of H-pyrrole nitrogens is 2. The van der Waals surface area contributed by atoms with Gasteiger partial charge in [-0.3, -0.25) is 9.59 Å². The fraction of sp³-hybridized carbons (Fsp3) is 0. The molecule has 6 nitrogen and oxygen atoms in total. The van der Waals surface area contributed by atoms with Crippen molar-refractivity contribution < 1.29 is 0 Å². The molecule has 0 unspecified atom stereocenters. The third kappa shape index (κ3) is 2.56. The van der Waals surface area contributed by atoms with Crippen LogP contribution in [-0.4, -0.2) is 19.9 Å². The van der Waals surface area contributed by atoms with Crippen molar-refractivity contribution in [3.63, 3.8) is 0 Å². The average molecular weight is 440 g/mol. The van der Waals surface area contributed by atoms with Gasteiger partial charge in [-0.2, -0.15) is 0 Å². The van der Waals surface area contributed by atoms with Crippen molar-refractivity contribution in [2.75, 3.05) is 0 Å². The van der Waals surface area contributed by atoms with Crippen LogP contribution in [-0.2, 0) is 0 Å². The summed E-state index contributed by atoms with van der Waals surface area (Å²) < 4.78 is 0. The average Bonchev–Trinajstić information content (AvgIpc) is 3.40. The van der Waals surface area contributed by atoms with Crippen molar-refractivity contribution in [1.29, 1.82) is 0 Å². The Hall–Kier alpha value is -4.84. The van der Waals surface area contributed by atoms with Gasteiger partial charge in [-0.25, -0.2) is 9.97 Å². The van der Waals surface area contributed by atoms with E-state index in [4.69, 9.17) is 9.97 Å². The van der Waals surface area contributed by atoms with Crippen LogP contribution in [0.1, 0.15) is 11.1 Å². The molecule has 6 heteroatoms. The second kappa shape index (κ2) is 6.83. The first-order chi connectivity index (χ1) is 16.7. The molecule has 34 heavy (non-hydrogen) atoms. The Morgan fingerprint density at radius 1 is 0.559 bits per heavy atom. The van der Waals surface area contributed by atoms with E-state index in [1.807, 2.05) is 60.7 Å². The van der Waals surface area contributed by atoms with Gasteiger partial charge in [0, 0.05) is 22.3 Å². The lowest BCUT2D eigenvalue weighted by atomic mass is 10.0. The van der Waals surface area contributed by atoms with Crippen molar-refractivity contribution in [3.05, 3.63) is 103 Å². The maximum Gasteiger partial charge on any atom is 0.211 e. The lowest BCUT2D eigenvalue weighted by Gasteiger charge is -2.03. The number of hydrogen-bond donors (Lipinski definition) is 2. The smallest absolute Gasteiger partial charge is 0.211 e. The summed E-state index contributed by atoms with van der Waals surface area (Å²) in [5.41, 5.74) is 5.17. The summed E-state index contributed by atoms with van der Waals surface area (Å²) in [4.78, 5) is 43.2. The van der Waals surface area contributed by atoms with Crippen LogP contribution in [0.5, 0.6) is 0 Å². The van der Waals surface area contributed by atoms with Crippen LogP contribution in [0.25, 0.3) is 69.6 Å². The van der Waals surface area contributed by atoms with Crippen LogP contribution in [0.3, 0.4) is 0 Å². The van der Waals surface area contributed by atoms with Crippen molar-refractivity contribution in [2.24, 2.45) is 0 Å². The SMILES string of the molecule is O=c1c2c3nc([nH]c4c(=O)c(c5nc([nH]c1=CC=C2)-c1ccccc1-5)C=CC=4)-c1ccccc1-3. The minimum atomic E-state index is -0.161. The van der Waals surface area contributed by atoms with E-state index in [0.717, 1.165) is 22.3 Å². The highest BCUT2D eigenvalue weighted by Gasteiger charge is 2.23. The van der Waals surface area contributed by atoms with Crippen molar-refractivity contribution in [2.45, 2.75) is 0 Å². The van der Waals surface area contributed by atoms with Gasteiger partial charge in [0.2, 0.25) is 10.9 Å². The third-order valence-corrected chi connectivity index (χ3v) is 6.37. The number of aromatic amines is 2. The van der Waals surface area contributed by atoms with E-state index >= 15 is 0 Å². The van der Waals surface area contributed by atoms with Gasteiger partial charge in [-0.05, 0) is 24.3 Å². The van der Waals surface area contributed by atoms with E-state index in [9.17, 15) is 9.59 Å². The fourth-order valence-corrected chi connectivity index (χ4v) is 4.76. The number of hydrogen-bond acceptors (Lipinski definition) is 4. The molecule has 2 aliphatic carbocycles. The predicted octanol–water partition coefficient (Wildman–Crippen LogP) is 3.01. The molecule has 8 bridgehead atoms. The maximum atomic E-state index is 13.6. The number of benzene rings is 2. The molecular weight excluding hydrogens is 424 g/mol. The number of aromatic nitrogens is 4. The molecule has 0 radical (unpaired) electrons. The largest absolute Gasteiger partial charge is 0.336 e. The van der Waals surface area contributed by atoms with Gasteiger partial charge >= 0.3 is 0 Å². The van der Waals surface area contributed by atoms with Crippen LogP contribution in [0.4, 0.5) is 0 Å². The standard InChI is InChI=1S/C28H16N4O2/c33-25-19-11-5-13-21(25)30-28-18-10-4-2-8-16(18)24(32-28)20-12-6-14-22(26(20)34)29-27-17-9-3-1-7-15(17)23(19)31-27/h1-14H,(H,29,31)(H,30,32). The molecule has 2 aliphatic heterocycles. The van der Waals surface area contributed by atoms with E-state index in [1.165, 1.54) is 0 Å². The van der Waals surface area contributed by atoms with Crippen molar-refractivity contribution in [3.8, 4) is 45.3 Å². The summed E-state index contributed by atoms with van der Waals surface area (Å²) in [6.45, 7) is 0. The van der Waals surface area contributed by atoms with E-state index in [0.29, 0.717) is 44.9 Å². The van der Waals surface area contributed by atoms with E-state index in [1.54, 1.807) is 24.3 Å². The summed E-state index contributed by atoms with van der Waals surface area (Å²) in [5.74, 6) is 1.08. The number of nitrogens with one attached hydrogen (secondary N) is 2. The Morgan fingerprint density at radius 3 is 1.41 bits per heavy atom. The Bertz CT molecular complexity index is 1770. The van der Waals surface area contributed by atoms with Crippen molar-refractivity contribution >= 4 is 24.3 Å². The second-order valence-corrected chi connectivity index (χ2v) is 8.32. The molecule has 0 saturated heterocycles. The van der Waals surface area contributed by atoms with Gasteiger partial charge in [0.25, 0.3) is 0 Å². The molecule has 2 aromatic carbocycles. The van der Waals surface area contributed by atoms with E-state index in [-0.39, 0.29) is 10.9 Å². The lowest BCUT2D eigenvalue weighted by molar-refractivity contribution is 1.16. The molecule has 0 amide bonds.